The fraction of sp³-hybridized carbons (Fsp3) is 0.625. The molecule has 4 atom stereocenters. The Labute approximate surface area is 173 Å². The van der Waals surface area contributed by atoms with Crippen LogP contribution in [0.3, 0.4) is 0 Å². The number of aliphatic hydroxyl groups is 1. The van der Waals surface area contributed by atoms with E-state index in [1.54, 1.807) is 0 Å². The molecule has 0 saturated carbocycles. The van der Waals surface area contributed by atoms with Gasteiger partial charge in [-0.15, -0.1) is 0 Å². The molecule has 0 saturated heterocycles. The zero-order valence-electron chi connectivity index (χ0n) is 15.4. The third-order valence-electron chi connectivity index (χ3n) is 3.93. The van der Waals surface area contributed by atoms with Crippen molar-refractivity contribution in [3.63, 3.8) is 0 Å². The van der Waals surface area contributed by atoms with Gasteiger partial charge in [0.05, 0.1) is 18.1 Å². The number of unbranched alkanes of at least 4 members (excludes halogenated alkanes) is 1. The van der Waals surface area contributed by atoms with E-state index in [2.05, 4.69) is 20.6 Å². The molecule has 0 fully saturated rings. The van der Waals surface area contributed by atoms with E-state index in [4.69, 9.17) is 11.5 Å². The molecule has 0 bridgehead atoms. The van der Waals surface area contributed by atoms with E-state index in [0.717, 1.165) is 0 Å². The normalized spacial score (nSPS) is 14.9. The quantitative estimate of drug-likeness (QED) is 0.158. The molecule has 1 heterocycles. The number of aliphatic carboxylic acids is 1. The fourth-order valence-electron chi connectivity index (χ4n) is 2.29. The van der Waals surface area contributed by atoms with Crippen LogP contribution in [0.15, 0.2) is 12.5 Å². The number of nitrogens with zero attached hydrogens (tertiary/aromatic N) is 2. The zero-order chi connectivity index (χ0) is 20.4. The summed E-state index contributed by atoms with van der Waals surface area (Å²) in [6.45, 7) is 1.74. The molecule has 7 N–H and O–H groups in total. The van der Waals surface area contributed by atoms with Crippen molar-refractivity contribution in [3.05, 3.63) is 18.2 Å². The smallest absolute Gasteiger partial charge is 0.548 e. The van der Waals surface area contributed by atoms with Gasteiger partial charge in [-0.3, -0.25) is 9.59 Å². The molecule has 4 unspecified atom stereocenters. The van der Waals surface area contributed by atoms with E-state index in [1.807, 2.05) is 0 Å². The summed E-state index contributed by atoms with van der Waals surface area (Å²) in [5, 5.41) is 25.5. The Bertz CT molecular complexity index is 613. The summed E-state index contributed by atoms with van der Waals surface area (Å²) in [5.74, 6) is -2.91. The van der Waals surface area contributed by atoms with Crippen molar-refractivity contribution in [2.75, 3.05) is 6.54 Å². The minimum absolute atomic E-state index is 0. The van der Waals surface area contributed by atoms with Crippen molar-refractivity contribution in [2.45, 2.75) is 56.8 Å². The predicted octanol–water partition coefficient (Wildman–Crippen LogP) is -3.86. The van der Waals surface area contributed by atoms with Gasteiger partial charge in [-0.2, -0.15) is 0 Å². The predicted molar refractivity (Wildman–Crippen MR) is 92.7 cm³/mol. The van der Waals surface area contributed by atoms with E-state index >= 15 is 0 Å². The first-order valence-corrected chi connectivity index (χ1v) is 8.63. The van der Waals surface area contributed by atoms with Crippen LogP contribution >= 0.6 is 0 Å². The summed E-state index contributed by atoms with van der Waals surface area (Å²) < 4.78 is 0. The number of aromatic nitrogens is 2. The number of carbonyl (C=O) groups is 3. The third-order valence-corrected chi connectivity index (χ3v) is 3.93. The molecule has 0 aliphatic carbocycles. The largest absolute Gasteiger partial charge is 2.00 e. The van der Waals surface area contributed by atoms with E-state index in [1.165, 1.54) is 19.4 Å². The number of carboxylic acid groups (broad SMARTS) is 1. The first kappa shape index (κ1) is 26.0. The van der Waals surface area contributed by atoms with E-state index in [9.17, 15) is 24.6 Å². The second kappa shape index (κ2) is 13.2. The Balaban J connectivity index is 0.00000729. The van der Waals surface area contributed by atoms with Gasteiger partial charge in [-0.25, -0.2) is 0 Å². The zero-order valence-corrected chi connectivity index (χ0v) is 16.4. The molecule has 28 heavy (non-hydrogen) atoms. The molecule has 1 aromatic heterocycles. The van der Waals surface area contributed by atoms with E-state index in [-0.39, 0.29) is 29.9 Å². The van der Waals surface area contributed by atoms with Crippen molar-refractivity contribution < 1.29 is 41.7 Å². The summed E-state index contributed by atoms with van der Waals surface area (Å²) in [6, 6.07) is -3.61. The second-order valence-corrected chi connectivity index (χ2v) is 6.21. The standard InChI is InChI=1S/C16H28N6O5.Cu/c1-9(23)13(18)15(25)22-12(6-10-7-19-8-20-10)14(24)21-11(16(26)27)4-2-3-5-17;/h7-9,11-13,23H,2-6,17-18H2,1H3,(H4,19,20,21,22,24,25,26,27);/q;+2/p-2. The topological polar surface area (TPSA) is 198 Å². The fourth-order valence-corrected chi connectivity index (χ4v) is 2.29. The van der Waals surface area contributed by atoms with Crippen molar-refractivity contribution in [2.24, 2.45) is 11.5 Å². The van der Waals surface area contributed by atoms with Crippen LogP contribution in [0.5, 0.6) is 0 Å². The molecule has 0 spiro atoms. The molecule has 161 valence electrons. The van der Waals surface area contributed by atoms with Crippen LogP contribution in [-0.4, -0.2) is 58.6 Å². The average Bonchev–Trinajstić information content (AvgIpc) is 3.12. The second-order valence-electron chi connectivity index (χ2n) is 6.21. The molecule has 1 aromatic rings. The first-order chi connectivity index (χ1) is 12.8. The van der Waals surface area contributed by atoms with Crippen LogP contribution in [0.1, 0.15) is 31.9 Å². The number of rotatable bonds is 12. The third kappa shape index (κ3) is 8.81. The van der Waals surface area contributed by atoms with Crippen LogP contribution in [0.4, 0.5) is 0 Å². The molecule has 1 radical (unpaired) electrons. The van der Waals surface area contributed by atoms with Crippen molar-refractivity contribution >= 4 is 17.8 Å². The van der Waals surface area contributed by atoms with E-state index < -0.39 is 42.0 Å². The summed E-state index contributed by atoms with van der Waals surface area (Å²) in [4.78, 5) is 43.6. The maximum Gasteiger partial charge on any atom is 2.00 e. The van der Waals surface area contributed by atoms with Crippen LogP contribution < -0.4 is 32.2 Å². The monoisotopic (exact) mass is 445 g/mol. The number of hydrogen-bond donors (Lipinski definition) is 5. The molecule has 0 aliphatic rings. The summed E-state index contributed by atoms with van der Waals surface area (Å²) >= 11 is 0. The number of nitrogens with one attached hydrogen (secondary N) is 2. The molecule has 0 aliphatic heterocycles. The van der Waals surface area contributed by atoms with Gasteiger partial charge in [0.25, 0.3) is 0 Å². The van der Waals surface area contributed by atoms with E-state index in [0.29, 0.717) is 25.1 Å². The van der Waals surface area contributed by atoms with Crippen LogP contribution in [0.25, 0.3) is 0 Å². The minimum atomic E-state index is -1.43. The van der Waals surface area contributed by atoms with Crippen LogP contribution in [-0.2, 0) is 37.9 Å². The number of amides is 2. The Morgan fingerprint density at radius 3 is 2.39 bits per heavy atom. The number of hydrogen-bond acceptors (Lipinski definition) is 8. The Morgan fingerprint density at radius 2 is 1.89 bits per heavy atom. The van der Waals surface area contributed by atoms with Crippen LogP contribution in [0.2, 0.25) is 0 Å². The van der Waals surface area contributed by atoms with Gasteiger partial charge in [-0.05, 0) is 39.2 Å². The average molecular weight is 446 g/mol. The molecule has 2 amide bonds. The maximum absolute atomic E-state index is 12.6. The number of nitrogens with two attached hydrogens (primary N) is 2. The number of carboxylic acids is 1. The van der Waals surface area contributed by atoms with Gasteiger partial charge >= 0.3 is 17.1 Å². The Morgan fingerprint density at radius 1 is 1.25 bits per heavy atom. The molecule has 11 nitrogen and oxygen atoms in total. The molecular weight excluding hydrogens is 420 g/mol. The molecule has 12 heteroatoms. The van der Waals surface area contributed by atoms with Crippen molar-refractivity contribution in [1.82, 2.24) is 20.6 Å². The van der Waals surface area contributed by atoms with Crippen molar-refractivity contribution in [3.8, 4) is 0 Å². The summed E-state index contributed by atoms with van der Waals surface area (Å²) in [5.41, 5.74) is 11.4. The molecule has 0 aromatic carbocycles. The van der Waals surface area contributed by atoms with Crippen molar-refractivity contribution in [1.29, 1.82) is 0 Å². The molecule has 1 rings (SSSR count). The summed E-state index contributed by atoms with van der Waals surface area (Å²) in [7, 11) is 0. The summed E-state index contributed by atoms with van der Waals surface area (Å²) in [6.07, 6.45) is 2.80. The van der Waals surface area contributed by atoms with Gasteiger partial charge in [0.2, 0.25) is 11.8 Å². The van der Waals surface area contributed by atoms with Gasteiger partial charge in [0, 0.05) is 0 Å². The minimum Gasteiger partial charge on any atom is -0.548 e. The maximum atomic E-state index is 12.6. The van der Waals surface area contributed by atoms with Crippen LogP contribution in [0, 0.1) is 0 Å². The Kier molecular flexibility index (Phi) is 12.3. The molecular formula is C16H26CuN6O5. The van der Waals surface area contributed by atoms with Gasteiger partial charge in [0.15, 0.2) is 0 Å². The SMILES string of the molecule is CC(O)C(N)C(=O)NC(Cc1c[n-]cn1)C(=O)NC(CCCCN)C(=O)[O-].[Cu+2]. The van der Waals surface area contributed by atoms with Gasteiger partial charge < -0.3 is 47.1 Å². The number of carbonyl (C=O) groups excluding carboxylic acids is 3. The first-order valence-electron chi connectivity index (χ1n) is 8.63. The van der Waals surface area contributed by atoms with Gasteiger partial charge in [0.1, 0.15) is 12.1 Å². The number of imidazole rings is 1. The van der Waals surface area contributed by atoms with Gasteiger partial charge in [-0.1, -0.05) is 18.2 Å². The Hall–Kier alpha value is -1.98. The number of aliphatic hydroxyl groups excluding tert-OH is 1.